The molecule has 108 valence electrons. The predicted molar refractivity (Wildman–Crippen MR) is 80.9 cm³/mol. The Morgan fingerprint density at radius 3 is 2.16 bits per heavy atom. The van der Waals surface area contributed by atoms with Gasteiger partial charge in [0.1, 0.15) is 0 Å². The summed E-state index contributed by atoms with van der Waals surface area (Å²) in [7, 11) is 3.84. The molecule has 0 radical (unpaired) electrons. The van der Waals surface area contributed by atoms with E-state index >= 15 is 0 Å². The first-order valence-electron chi connectivity index (χ1n) is 6.68. The molecule has 0 aliphatic rings. The average Bonchev–Trinajstić information content (AvgIpc) is 2.27. The van der Waals surface area contributed by atoms with Gasteiger partial charge in [-0.3, -0.25) is 0 Å². The first kappa shape index (κ1) is 15.5. The van der Waals surface area contributed by atoms with E-state index in [9.17, 15) is 0 Å². The summed E-state index contributed by atoms with van der Waals surface area (Å²) in [5.41, 5.74) is 0.142. The minimum absolute atomic E-state index is 0.142. The van der Waals surface area contributed by atoms with E-state index < -0.39 is 0 Å². The lowest BCUT2D eigenvalue weighted by atomic mass is 9.88. The van der Waals surface area contributed by atoms with Crippen LogP contribution in [0.1, 0.15) is 34.6 Å². The van der Waals surface area contributed by atoms with E-state index in [2.05, 4.69) is 53.3 Å². The Labute approximate surface area is 116 Å². The molecule has 0 bridgehead atoms. The molecule has 0 spiro atoms. The van der Waals surface area contributed by atoms with Crippen molar-refractivity contribution in [1.82, 2.24) is 15.0 Å². The van der Waals surface area contributed by atoms with E-state index in [-0.39, 0.29) is 11.5 Å². The maximum atomic E-state index is 4.42. The summed E-state index contributed by atoms with van der Waals surface area (Å²) >= 11 is 0. The fourth-order valence-corrected chi connectivity index (χ4v) is 1.28. The number of rotatable bonds is 5. The summed E-state index contributed by atoms with van der Waals surface area (Å²) in [4.78, 5) is 15.0. The molecule has 0 aliphatic carbocycles. The van der Waals surface area contributed by atoms with Crippen molar-refractivity contribution < 1.29 is 0 Å². The molecular formula is C13H26N6. The number of nitrogens with one attached hydrogen (secondary N) is 2. The molecule has 0 fully saturated rings. The van der Waals surface area contributed by atoms with Crippen LogP contribution in [0.5, 0.6) is 0 Å². The smallest absolute Gasteiger partial charge is 0.231 e. The second-order valence-electron chi connectivity index (χ2n) is 5.94. The molecule has 0 saturated heterocycles. The molecule has 1 atom stereocenters. The number of hydrogen-bond acceptors (Lipinski definition) is 6. The van der Waals surface area contributed by atoms with Crippen molar-refractivity contribution in [2.75, 3.05) is 36.2 Å². The summed E-state index contributed by atoms with van der Waals surface area (Å²) in [5, 5.41) is 6.47. The van der Waals surface area contributed by atoms with Gasteiger partial charge in [0, 0.05) is 26.7 Å². The summed E-state index contributed by atoms with van der Waals surface area (Å²) in [6.07, 6.45) is 0. The van der Waals surface area contributed by atoms with Crippen LogP contribution in [0.2, 0.25) is 0 Å². The SMILES string of the molecule is CCNc1nc(NC(C)C(C)(C)C)nc(N(C)C)n1. The van der Waals surface area contributed by atoms with E-state index in [1.165, 1.54) is 0 Å². The first-order chi connectivity index (χ1) is 8.74. The average molecular weight is 266 g/mol. The first-order valence-corrected chi connectivity index (χ1v) is 6.68. The molecular weight excluding hydrogens is 240 g/mol. The number of aromatic nitrogens is 3. The van der Waals surface area contributed by atoms with Crippen molar-refractivity contribution in [3.63, 3.8) is 0 Å². The van der Waals surface area contributed by atoms with Gasteiger partial charge in [-0.2, -0.15) is 15.0 Å². The minimum Gasteiger partial charge on any atom is -0.354 e. The minimum atomic E-state index is 0.142. The van der Waals surface area contributed by atoms with E-state index in [1.54, 1.807) is 0 Å². The van der Waals surface area contributed by atoms with Crippen molar-refractivity contribution in [1.29, 1.82) is 0 Å². The molecule has 1 aromatic rings. The Balaban J connectivity index is 2.99. The van der Waals surface area contributed by atoms with E-state index in [0.29, 0.717) is 17.8 Å². The van der Waals surface area contributed by atoms with E-state index in [1.807, 2.05) is 25.9 Å². The van der Waals surface area contributed by atoms with Gasteiger partial charge in [-0.1, -0.05) is 20.8 Å². The van der Waals surface area contributed by atoms with Gasteiger partial charge in [0.05, 0.1) is 0 Å². The van der Waals surface area contributed by atoms with Crippen molar-refractivity contribution in [3.05, 3.63) is 0 Å². The lowest BCUT2D eigenvalue weighted by molar-refractivity contribution is 0.358. The monoisotopic (exact) mass is 266 g/mol. The Morgan fingerprint density at radius 1 is 1.11 bits per heavy atom. The van der Waals surface area contributed by atoms with Crippen LogP contribution in [0.4, 0.5) is 17.8 Å². The van der Waals surface area contributed by atoms with Gasteiger partial charge >= 0.3 is 0 Å². The van der Waals surface area contributed by atoms with Crippen LogP contribution in [0.15, 0.2) is 0 Å². The van der Waals surface area contributed by atoms with E-state index in [0.717, 1.165) is 6.54 Å². The highest BCUT2D eigenvalue weighted by molar-refractivity contribution is 5.43. The highest BCUT2D eigenvalue weighted by Crippen LogP contribution is 2.22. The number of nitrogens with zero attached hydrogens (tertiary/aromatic N) is 4. The standard InChI is InChI=1S/C13H26N6/c1-8-14-10-16-11(15-9(2)13(3,4)5)18-12(17-10)19(6)7/h9H,8H2,1-7H3,(H2,14,15,16,17,18). The molecule has 6 nitrogen and oxygen atoms in total. The molecule has 0 aliphatic heterocycles. The van der Waals surface area contributed by atoms with Crippen molar-refractivity contribution in [3.8, 4) is 0 Å². The van der Waals surface area contributed by atoms with Gasteiger partial charge in [-0.15, -0.1) is 0 Å². The van der Waals surface area contributed by atoms with Crippen LogP contribution in [0, 0.1) is 5.41 Å². The second kappa shape index (κ2) is 6.04. The molecule has 2 N–H and O–H groups in total. The second-order valence-corrected chi connectivity index (χ2v) is 5.94. The van der Waals surface area contributed by atoms with Crippen molar-refractivity contribution in [2.24, 2.45) is 5.41 Å². The zero-order valence-corrected chi connectivity index (χ0v) is 13.1. The number of anilines is 3. The summed E-state index contributed by atoms with van der Waals surface area (Å²) in [6, 6.07) is 0.263. The zero-order valence-electron chi connectivity index (χ0n) is 13.1. The lowest BCUT2D eigenvalue weighted by Gasteiger charge is -2.28. The fraction of sp³-hybridized carbons (Fsp3) is 0.769. The quantitative estimate of drug-likeness (QED) is 0.852. The maximum Gasteiger partial charge on any atom is 0.231 e. The molecule has 0 amide bonds. The van der Waals surface area contributed by atoms with Crippen molar-refractivity contribution >= 4 is 17.8 Å². The Hall–Kier alpha value is -1.59. The molecule has 6 heteroatoms. The molecule has 1 unspecified atom stereocenters. The third-order valence-electron chi connectivity index (χ3n) is 3.00. The van der Waals surface area contributed by atoms with E-state index in [4.69, 9.17) is 0 Å². The third-order valence-corrected chi connectivity index (χ3v) is 3.00. The molecule has 1 heterocycles. The predicted octanol–water partition coefficient (Wildman–Crippen LogP) is 2.22. The molecule has 1 aromatic heterocycles. The van der Waals surface area contributed by atoms with Gasteiger partial charge in [0.15, 0.2) is 0 Å². The lowest BCUT2D eigenvalue weighted by Crippen LogP contribution is -2.32. The highest BCUT2D eigenvalue weighted by atomic mass is 15.3. The highest BCUT2D eigenvalue weighted by Gasteiger charge is 2.21. The van der Waals surface area contributed by atoms with Crippen LogP contribution < -0.4 is 15.5 Å². The van der Waals surface area contributed by atoms with Crippen LogP contribution in [0.3, 0.4) is 0 Å². The fourth-order valence-electron chi connectivity index (χ4n) is 1.28. The van der Waals surface area contributed by atoms with Crippen LogP contribution in [0.25, 0.3) is 0 Å². The van der Waals surface area contributed by atoms with Gasteiger partial charge in [0.25, 0.3) is 0 Å². The van der Waals surface area contributed by atoms with Gasteiger partial charge in [-0.05, 0) is 19.3 Å². The van der Waals surface area contributed by atoms with Gasteiger partial charge < -0.3 is 15.5 Å². The molecule has 19 heavy (non-hydrogen) atoms. The topological polar surface area (TPSA) is 66.0 Å². The summed E-state index contributed by atoms with van der Waals surface area (Å²) < 4.78 is 0. The largest absolute Gasteiger partial charge is 0.354 e. The molecule has 0 aromatic carbocycles. The van der Waals surface area contributed by atoms with Gasteiger partial charge in [-0.25, -0.2) is 0 Å². The Kier molecular flexibility index (Phi) is 4.91. The Bertz CT molecular complexity index is 410. The Morgan fingerprint density at radius 2 is 1.68 bits per heavy atom. The molecule has 1 rings (SSSR count). The molecule has 0 saturated carbocycles. The van der Waals surface area contributed by atoms with Crippen molar-refractivity contribution in [2.45, 2.75) is 40.7 Å². The summed E-state index contributed by atoms with van der Waals surface area (Å²) in [6.45, 7) is 11.5. The zero-order chi connectivity index (χ0) is 14.6. The van der Waals surface area contributed by atoms with Crippen LogP contribution >= 0.6 is 0 Å². The third kappa shape index (κ3) is 4.54. The maximum absolute atomic E-state index is 4.42. The van der Waals surface area contributed by atoms with Crippen LogP contribution in [-0.2, 0) is 0 Å². The van der Waals surface area contributed by atoms with Gasteiger partial charge in [0.2, 0.25) is 17.8 Å². The van der Waals surface area contributed by atoms with Crippen LogP contribution in [-0.4, -0.2) is 41.6 Å². The normalized spacial score (nSPS) is 13.0. The number of hydrogen-bond donors (Lipinski definition) is 2. The summed E-state index contributed by atoms with van der Waals surface area (Å²) in [5.74, 6) is 1.86.